The topological polar surface area (TPSA) is 40.5 Å². The van der Waals surface area contributed by atoms with Crippen molar-refractivity contribution in [1.29, 1.82) is 0 Å². The van der Waals surface area contributed by atoms with Gasteiger partial charge in [0, 0.05) is 17.5 Å². The monoisotopic (exact) mass is 225 g/mol. The van der Waals surface area contributed by atoms with Gasteiger partial charge in [0.2, 0.25) is 0 Å². The second kappa shape index (κ2) is 4.86. The van der Waals surface area contributed by atoms with Crippen molar-refractivity contribution in [2.45, 2.75) is 18.9 Å². The Bertz CT molecular complexity index is 312. The van der Waals surface area contributed by atoms with Gasteiger partial charge in [-0.3, -0.25) is 9.69 Å². The average Bonchev–Trinajstić information content (AvgIpc) is 2.41. The Morgan fingerprint density at radius 1 is 1.67 bits per heavy atom. The molecule has 1 aliphatic heterocycles. The lowest BCUT2D eigenvalue weighted by atomic mass is 10.1. The van der Waals surface area contributed by atoms with E-state index in [4.69, 9.17) is 5.11 Å². The van der Waals surface area contributed by atoms with E-state index in [0.29, 0.717) is 6.04 Å². The highest BCUT2D eigenvalue weighted by Crippen LogP contribution is 2.32. The van der Waals surface area contributed by atoms with Crippen LogP contribution in [0.5, 0.6) is 0 Å². The average molecular weight is 225 g/mol. The predicted octanol–water partition coefficient (Wildman–Crippen LogP) is 1.72. The molecule has 0 aromatic carbocycles. The lowest BCUT2D eigenvalue weighted by molar-refractivity contribution is -0.138. The highest BCUT2D eigenvalue weighted by Gasteiger charge is 2.26. The number of thioether (sulfide) groups is 1. The molecule has 3 nitrogen and oxygen atoms in total. The zero-order valence-corrected chi connectivity index (χ0v) is 9.37. The number of carboxylic acids is 1. The van der Waals surface area contributed by atoms with Crippen LogP contribution < -0.4 is 0 Å². The van der Waals surface area contributed by atoms with Gasteiger partial charge < -0.3 is 5.11 Å². The quantitative estimate of drug-likeness (QED) is 0.777. The molecule has 0 amide bonds. The third kappa shape index (κ3) is 2.63. The summed E-state index contributed by atoms with van der Waals surface area (Å²) >= 11 is 1.87. The van der Waals surface area contributed by atoms with Crippen LogP contribution in [0.3, 0.4) is 0 Å². The third-order valence-corrected chi connectivity index (χ3v) is 3.96. The minimum Gasteiger partial charge on any atom is -0.480 e. The number of carbonyl (C=O) groups is 1. The molecule has 4 heteroatoms. The number of rotatable bonds is 2. The fraction of sp³-hybridized carbons (Fsp3) is 0.545. The molecular formula is C11H15NO2S. The molecule has 0 radical (unpaired) electrons. The lowest BCUT2D eigenvalue weighted by Crippen LogP contribution is -2.39. The maximum absolute atomic E-state index is 10.8. The largest absolute Gasteiger partial charge is 0.480 e. The summed E-state index contributed by atoms with van der Waals surface area (Å²) in [6, 6.07) is 0.304. The Kier molecular flexibility index (Phi) is 3.49. The van der Waals surface area contributed by atoms with Gasteiger partial charge in [-0.05, 0) is 18.6 Å². The van der Waals surface area contributed by atoms with Crippen LogP contribution in [0.25, 0.3) is 0 Å². The molecule has 1 fully saturated rings. The summed E-state index contributed by atoms with van der Waals surface area (Å²) in [5.74, 6) is 0.377. The van der Waals surface area contributed by atoms with Crippen molar-refractivity contribution in [1.82, 2.24) is 4.90 Å². The molecule has 0 aromatic rings. The van der Waals surface area contributed by atoms with E-state index in [0.717, 1.165) is 25.1 Å². The minimum absolute atomic E-state index is 0.163. The van der Waals surface area contributed by atoms with Crippen LogP contribution >= 0.6 is 11.8 Å². The van der Waals surface area contributed by atoms with Gasteiger partial charge in [0.05, 0.1) is 6.54 Å². The van der Waals surface area contributed by atoms with Crippen molar-refractivity contribution >= 4 is 17.7 Å². The Morgan fingerprint density at radius 2 is 2.53 bits per heavy atom. The highest BCUT2D eigenvalue weighted by atomic mass is 32.2. The molecule has 1 aliphatic carbocycles. The van der Waals surface area contributed by atoms with Crippen LogP contribution in [0, 0.1) is 0 Å². The molecule has 0 aromatic heterocycles. The molecule has 2 rings (SSSR count). The second-order valence-corrected chi connectivity index (χ2v) is 4.98. The first-order chi connectivity index (χ1) is 7.27. The molecule has 1 saturated heterocycles. The van der Waals surface area contributed by atoms with Crippen LogP contribution in [-0.4, -0.2) is 40.9 Å². The van der Waals surface area contributed by atoms with Gasteiger partial charge in [-0.25, -0.2) is 0 Å². The molecule has 82 valence electrons. The van der Waals surface area contributed by atoms with E-state index in [1.165, 1.54) is 4.91 Å². The van der Waals surface area contributed by atoms with Gasteiger partial charge in [0.25, 0.3) is 0 Å². The standard InChI is InChI=1S/C11H15NO2S/c13-11(14)8-12-6-3-7-15-10-5-2-1-4-9(10)12/h1-2,5,9H,3-4,6-8H2,(H,13,14). The summed E-state index contributed by atoms with van der Waals surface area (Å²) in [5.41, 5.74) is 0. The zero-order valence-electron chi connectivity index (χ0n) is 8.56. The van der Waals surface area contributed by atoms with Crippen molar-refractivity contribution < 1.29 is 9.90 Å². The number of nitrogens with zero attached hydrogens (tertiary/aromatic N) is 1. The Morgan fingerprint density at radius 3 is 3.33 bits per heavy atom. The van der Waals surface area contributed by atoms with E-state index in [1.54, 1.807) is 0 Å². The molecule has 1 N–H and O–H groups in total. The van der Waals surface area contributed by atoms with Crippen LogP contribution in [0.1, 0.15) is 12.8 Å². The first kappa shape index (κ1) is 10.8. The molecule has 1 heterocycles. The molecule has 1 atom stereocenters. The van der Waals surface area contributed by atoms with Crippen molar-refractivity contribution in [3.05, 3.63) is 23.1 Å². The molecule has 0 saturated carbocycles. The molecular weight excluding hydrogens is 210 g/mol. The SMILES string of the molecule is O=C(O)CN1CCCSC2=CC=CCC21. The lowest BCUT2D eigenvalue weighted by Gasteiger charge is -2.29. The smallest absolute Gasteiger partial charge is 0.317 e. The maximum Gasteiger partial charge on any atom is 0.317 e. The van der Waals surface area contributed by atoms with Gasteiger partial charge in [0.1, 0.15) is 0 Å². The number of hydrogen-bond donors (Lipinski definition) is 1. The van der Waals surface area contributed by atoms with Crippen LogP contribution in [0.2, 0.25) is 0 Å². The van der Waals surface area contributed by atoms with E-state index in [2.05, 4.69) is 23.1 Å². The van der Waals surface area contributed by atoms with Gasteiger partial charge in [-0.15, -0.1) is 11.8 Å². The fourth-order valence-corrected chi connectivity index (χ4v) is 3.17. The summed E-state index contributed by atoms with van der Waals surface area (Å²) in [4.78, 5) is 14.2. The van der Waals surface area contributed by atoms with Crippen LogP contribution in [-0.2, 0) is 4.79 Å². The number of aliphatic carboxylic acids is 1. The maximum atomic E-state index is 10.8. The number of hydrogen-bond acceptors (Lipinski definition) is 3. The van der Waals surface area contributed by atoms with Gasteiger partial charge in [-0.2, -0.15) is 0 Å². The first-order valence-electron chi connectivity index (χ1n) is 5.23. The summed E-state index contributed by atoms with van der Waals surface area (Å²) in [6.45, 7) is 1.06. The van der Waals surface area contributed by atoms with Crippen molar-refractivity contribution in [2.75, 3.05) is 18.8 Å². The highest BCUT2D eigenvalue weighted by molar-refractivity contribution is 8.03. The van der Waals surface area contributed by atoms with Crippen molar-refractivity contribution in [3.63, 3.8) is 0 Å². The Labute approximate surface area is 93.8 Å². The summed E-state index contributed by atoms with van der Waals surface area (Å²) in [7, 11) is 0. The number of carboxylic acid groups (broad SMARTS) is 1. The predicted molar refractivity (Wildman–Crippen MR) is 61.9 cm³/mol. The number of allylic oxidation sites excluding steroid dienone is 2. The fourth-order valence-electron chi connectivity index (χ4n) is 2.05. The molecule has 0 bridgehead atoms. The third-order valence-electron chi connectivity index (χ3n) is 2.72. The molecule has 1 unspecified atom stereocenters. The minimum atomic E-state index is -0.726. The van der Waals surface area contributed by atoms with Crippen molar-refractivity contribution in [2.24, 2.45) is 0 Å². The summed E-state index contributed by atoms with van der Waals surface area (Å²) in [6.07, 6.45) is 8.34. The summed E-state index contributed by atoms with van der Waals surface area (Å²) in [5, 5.41) is 8.86. The van der Waals surface area contributed by atoms with Gasteiger partial charge in [-0.1, -0.05) is 18.2 Å². The normalized spacial score (nSPS) is 26.7. The van der Waals surface area contributed by atoms with E-state index < -0.39 is 5.97 Å². The second-order valence-electron chi connectivity index (χ2n) is 3.81. The van der Waals surface area contributed by atoms with Gasteiger partial charge >= 0.3 is 5.97 Å². The molecule has 2 aliphatic rings. The summed E-state index contributed by atoms with van der Waals surface area (Å²) < 4.78 is 0. The van der Waals surface area contributed by atoms with E-state index in [9.17, 15) is 4.79 Å². The van der Waals surface area contributed by atoms with E-state index >= 15 is 0 Å². The van der Waals surface area contributed by atoms with Gasteiger partial charge in [0.15, 0.2) is 0 Å². The molecule has 0 spiro atoms. The van der Waals surface area contributed by atoms with Crippen LogP contribution in [0.4, 0.5) is 0 Å². The Hall–Kier alpha value is -0.740. The zero-order chi connectivity index (χ0) is 10.7. The van der Waals surface area contributed by atoms with Crippen molar-refractivity contribution in [3.8, 4) is 0 Å². The van der Waals surface area contributed by atoms with E-state index in [1.807, 2.05) is 11.8 Å². The number of fused-ring (bicyclic) bond motifs is 1. The molecule has 15 heavy (non-hydrogen) atoms. The first-order valence-corrected chi connectivity index (χ1v) is 6.21. The Balaban J connectivity index is 2.12. The van der Waals surface area contributed by atoms with E-state index in [-0.39, 0.29) is 6.54 Å². The van der Waals surface area contributed by atoms with Crippen LogP contribution in [0.15, 0.2) is 23.1 Å².